The molecule has 1 N–H and O–H groups in total. The predicted molar refractivity (Wildman–Crippen MR) is 100 cm³/mol. The first-order chi connectivity index (χ1) is 12.2. The second-order valence-corrected chi connectivity index (χ2v) is 5.43. The first-order valence-electron chi connectivity index (χ1n) is 7.86. The van der Waals surface area contributed by atoms with Crippen molar-refractivity contribution in [3.63, 3.8) is 0 Å². The zero-order valence-corrected chi connectivity index (χ0v) is 13.8. The topological polar surface area (TPSA) is 57.6 Å². The number of carbonyl (C=O) groups excluding carboxylic acids is 1. The second kappa shape index (κ2) is 7.88. The fourth-order valence-electron chi connectivity index (χ4n) is 2.31. The maximum atomic E-state index is 11.9. The number of para-hydroxylation sites is 1. The van der Waals surface area contributed by atoms with Gasteiger partial charge in [-0.3, -0.25) is 9.78 Å². The Morgan fingerprint density at radius 2 is 1.72 bits per heavy atom. The fourth-order valence-corrected chi connectivity index (χ4v) is 2.31. The summed E-state index contributed by atoms with van der Waals surface area (Å²) in [6.45, 7) is 0. The number of amides is 1. The second-order valence-electron chi connectivity index (χ2n) is 5.43. The predicted octanol–water partition coefficient (Wildman–Crippen LogP) is 3.61. The third-order valence-electron chi connectivity index (χ3n) is 3.73. The van der Waals surface area contributed by atoms with Gasteiger partial charge in [-0.25, -0.2) is 5.43 Å². The smallest absolute Gasteiger partial charge is 0.272 e. The van der Waals surface area contributed by atoms with Crippen LogP contribution in [-0.2, 0) is 0 Å². The van der Waals surface area contributed by atoms with Gasteiger partial charge in [0, 0.05) is 30.8 Å². The number of hydrogen-bond acceptors (Lipinski definition) is 4. The van der Waals surface area contributed by atoms with Gasteiger partial charge in [0.1, 0.15) is 0 Å². The number of hydrazone groups is 1. The molecule has 5 nitrogen and oxygen atoms in total. The number of carbonyl (C=O) groups is 1. The molecule has 0 fully saturated rings. The van der Waals surface area contributed by atoms with E-state index in [0.717, 1.165) is 16.9 Å². The zero-order valence-electron chi connectivity index (χ0n) is 13.8. The average Bonchev–Trinajstić information content (AvgIpc) is 2.69. The molecule has 0 spiro atoms. The lowest BCUT2D eigenvalue weighted by Gasteiger charge is -2.19. The van der Waals surface area contributed by atoms with Crippen molar-refractivity contribution in [1.82, 2.24) is 10.4 Å². The molecule has 5 heteroatoms. The molecule has 25 heavy (non-hydrogen) atoms. The Labute approximate surface area is 146 Å². The van der Waals surface area contributed by atoms with E-state index in [-0.39, 0.29) is 5.91 Å². The molecule has 0 bridgehead atoms. The number of hydrogen-bond donors (Lipinski definition) is 1. The third kappa shape index (κ3) is 4.29. The Morgan fingerprint density at radius 1 is 1.00 bits per heavy atom. The Kier molecular flexibility index (Phi) is 5.16. The third-order valence-corrected chi connectivity index (χ3v) is 3.73. The van der Waals surface area contributed by atoms with Crippen LogP contribution in [-0.4, -0.2) is 24.2 Å². The van der Waals surface area contributed by atoms with Crippen LogP contribution in [0.1, 0.15) is 15.9 Å². The number of aromatic nitrogens is 1. The quantitative estimate of drug-likeness (QED) is 0.574. The summed E-state index contributed by atoms with van der Waals surface area (Å²) in [5.74, 6) is -0.287. The first kappa shape index (κ1) is 16.4. The minimum atomic E-state index is -0.287. The van der Waals surface area contributed by atoms with Crippen LogP contribution in [0.4, 0.5) is 11.4 Å². The first-order valence-corrected chi connectivity index (χ1v) is 7.86. The SMILES string of the molecule is CN(c1ccccc1)c1ccc(C=NNC(=O)c2cccnc2)cc1. The molecular formula is C20H18N4O. The van der Waals surface area contributed by atoms with Gasteiger partial charge in [-0.2, -0.15) is 5.10 Å². The lowest BCUT2D eigenvalue weighted by Crippen LogP contribution is -2.17. The summed E-state index contributed by atoms with van der Waals surface area (Å²) >= 11 is 0. The highest BCUT2D eigenvalue weighted by atomic mass is 16.2. The number of pyridine rings is 1. The van der Waals surface area contributed by atoms with E-state index in [1.807, 2.05) is 49.5 Å². The van der Waals surface area contributed by atoms with Crippen molar-refractivity contribution in [2.45, 2.75) is 0 Å². The number of nitrogens with one attached hydrogen (secondary N) is 1. The van der Waals surface area contributed by atoms with Crippen LogP contribution in [0.15, 0.2) is 84.2 Å². The summed E-state index contributed by atoms with van der Waals surface area (Å²) in [6, 6.07) is 21.5. The number of benzene rings is 2. The Hall–Kier alpha value is -3.47. The summed E-state index contributed by atoms with van der Waals surface area (Å²) in [4.78, 5) is 17.9. The van der Waals surface area contributed by atoms with Crippen molar-refractivity contribution < 1.29 is 4.79 Å². The van der Waals surface area contributed by atoms with Crippen molar-refractivity contribution in [2.75, 3.05) is 11.9 Å². The summed E-state index contributed by atoms with van der Waals surface area (Å²) < 4.78 is 0. The minimum absolute atomic E-state index is 0.287. The average molecular weight is 330 g/mol. The molecule has 1 heterocycles. The lowest BCUT2D eigenvalue weighted by molar-refractivity contribution is 0.0955. The molecule has 2 aromatic carbocycles. The van der Waals surface area contributed by atoms with Crippen LogP contribution in [0.3, 0.4) is 0 Å². The molecule has 0 atom stereocenters. The standard InChI is InChI=1S/C20H18N4O/c1-24(18-7-3-2-4-8-18)19-11-9-16(10-12-19)14-22-23-20(25)17-6-5-13-21-15-17/h2-15H,1H3,(H,23,25). The number of rotatable bonds is 5. The molecule has 124 valence electrons. The minimum Gasteiger partial charge on any atom is -0.345 e. The van der Waals surface area contributed by atoms with E-state index >= 15 is 0 Å². The molecule has 3 rings (SSSR count). The zero-order chi connectivity index (χ0) is 17.5. The van der Waals surface area contributed by atoms with Crippen LogP contribution < -0.4 is 10.3 Å². The van der Waals surface area contributed by atoms with E-state index in [1.54, 1.807) is 24.5 Å². The van der Waals surface area contributed by atoms with Gasteiger partial charge in [-0.1, -0.05) is 30.3 Å². The van der Waals surface area contributed by atoms with Gasteiger partial charge >= 0.3 is 0 Å². The fraction of sp³-hybridized carbons (Fsp3) is 0.0500. The van der Waals surface area contributed by atoms with Crippen LogP contribution in [0.5, 0.6) is 0 Å². The summed E-state index contributed by atoms with van der Waals surface area (Å²) in [5, 5.41) is 3.98. The molecular weight excluding hydrogens is 312 g/mol. The molecule has 3 aromatic rings. The maximum absolute atomic E-state index is 11.9. The molecule has 1 amide bonds. The highest BCUT2D eigenvalue weighted by Crippen LogP contribution is 2.22. The van der Waals surface area contributed by atoms with Crippen molar-refractivity contribution in [1.29, 1.82) is 0 Å². The maximum Gasteiger partial charge on any atom is 0.272 e. The highest BCUT2D eigenvalue weighted by molar-refractivity contribution is 5.94. The van der Waals surface area contributed by atoms with Crippen molar-refractivity contribution in [2.24, 2.45) is 5.10 Å². The van der Waals surface area contributed by atoms with Gasteiger partial charge in [-0.15, -0.1) is 0 Å². The number of anilines is 2. The number of nitrogens with zero attached hydrogens (tertiary/aromatic N) is 3. The van der Waals surface area contributed by atoms with E-state index in [4.69, 9.17) is 0 Å². The summed E-state index contributed by atoms with van der Waals surface area (Å²) in [7, 11) is 2.02. The van der Waals surface area contributed by atoms with Gasteiger partial charge in [0.2, 0.25) is 0 Å². The lowest BCUT2D eigenvalue weighted by atomic mass is 10.2. The van der Waals surface area contributed by atoms with Crippen LogP contribution in [0, 0.1) is 0 Å². The van der Waals surface area contributed by atoms with Crippen molar-refractivity contribution in [3.8, 4) is 0 Å². The molecule has 0 saturated heterocycles. The molecule has 0 aliphatic heterocycles. The van der Waals surface area contributed by atoms with Crippen molar-refractivity contribution >= 4 is 23.5 Å². The van der Waals surface area contributed by atoms with Crippen LogP contribution in [0.25, 0.3) is 0 Å². The van der Waals surface area contributed by atoms with Gasteiger partial charge < -0.3 is 4.90 Å². The Morgan fingerprint density at radius 3 is 2.40 bits per heavy atom. The van der Waals surface area contributed by atoms with Crippen LogP contribution in [0.2, 0.25) is 0 Å². The molecule has 0 saturated carbocycles. The van der Waals surface area contributed by atoms with E-state index in [9.17, 15) is 4.79 Å². The monoisotopic (exact) mass is 330 g/mol. The highest BCUT2D eigenvalue weighted by Gasteiger charge is 2.04. The van der Waals surface area contributed by atoms with Gasteiger partial charge in [-0.05, 0) is 42.0 Å². The van der Waals surface area contributed by atoms with Crippen molar-refractivity contribution in [3.05, 3.63) is 90.3 Å². The molecule has 0 aliphatic rings. The van der Waals surface area contributed by atoms with Gasteiger partial charge in [0.25, 0.3) is 5.91 Å². The summed E-state index contributed by atoms with van der Waals surface area (Å²) in [5.41, 5.74) is 6.05. The molecule has 1 aromatic heterocycles. The Balaban J connectivity index is 1.62. The van der Waals surface area contributed by atoms with E-state index < -0.39 is 0 Å². The molecule has 0 unspecified atom stereocenters. The normalized spacial score (nSPS) is 10.6. The Bertz CT molecular complexity index is 846. The van der Waals surface area contributed by atoms with E-state index in [0.29, 0.717) is 5.56 Å². The molecule has 0 radical (unpaired) electrons. The van der Waals surface area contributed by atoms with E-state index in [1.165, 1.54) is 6.20 Å². The summed E-state index contributed by atoms with van der Waals surface area (Å²) in [6.07, 6.45) is 4.73. The van der Waals surface area contributed by atoms with Gasteiger partial charge in [0.05, 0.1) is 11.8 Å². The van der Waals surface area contributed by atoms with Crippen LogP contribution >= 0.6 is 0 Å². The van der Waals surface area contributed by atoms with Gasteiger partial charge in [0.15, 0.2) is 0 Å². The molecule has 0 aliphatic carbocycles. The largest absolute Gasteiger partial charge is 0.345 e. The van der Waals surface area contributed by atoms with E-state index in [2.05, 4.69) is 32.5 Å².